The summed E-state index contributed by atoms with van der Waals surface area (Å²) in [7, 11) is 0. The van der Waals surface area contributed by atoms with E-state index in [2.05, 4.69) is 23.5 Å². The van der Waals surface area contributed by atoms with Crippen LogP contribution in [0.1, 0.15) is 12.0 Å². The summed E-state index contributed by atoms with van der Waals surface area (Å²) in [5.74, 6) is 0. The molecule has 0 bridgehead atoms. The lowest BCUT2D eigenvalue weighted by molar-refractivity contribution is 0.288. The average Bonchev–Trinajstić information content (AvgIpc) is 2.31. The molecule has 0 spiro atoms. The summed E-state index contributed by atoms with van der Waals surface area (Å²) in [5.41, 5.74) is 1.24. The van der Waals surface area contributed by atoms with Gasteiger partial charge in [-0.2, -0.15) is 5.26 Å². The first-order chi connectivity index (χ1) is 7.36. The molecule has 0 fully saturated rings. The number of nitrogens with zero attached hydrogens (tertiary/aromatic N) is 1. The Kier molecular flexibility index (Phi) is 5.46. The summed E-state index contributed by atoms with van der Waals surface area (Å²) in [6.07, 6.45) is 1.66. The third-order valence-electron chi connectivity index (χ3n) is 2.22. The lowest BCUT2D eigenvalue weighted by atomic mass is 10.1. The Morgan fingerprint density at radius 1 is 1.33 bits per heavy atom. The molecule has 0 aliphatic carbocycles. The summed E-state index contributed by atoms with van der Waals surface area (Å²) in [4.78, 5) is 0. The quantitative estimate of drug-likeness (QED) is 0.729. The molecule has 2 N–H and O–H groups in total. The molecule has 80 valence electrons. The fourth-order valence-corrected chi connectivity index (χ4v) is 1.41. The fourth-order valence-electron chi connectivity index (χ4n) is 1.41. The number of aryl methyl sites for hydroxylation is 1. The van der Waals surface area contributed by atoms with Gasteiger partial charge in [0.2, 0.25) is 0 Å². The number of rotatable bonds is 6. The van der Waals surface area contributed by atoms with Gasteiger partial charge in [-0.1, -0.05) is 30.3 Å². The van der Waals surface area contributed by atoms with Crippen LogP contribution in [0.15, 0.2) is 30.3 Å². The zero-order chi connectivity index (χ0) is 10.9. The van der Waals surface area contributed by atoms with Gasteiger partial charge in [-0.05, 0) is 18.4 Å². The van der Waals surface area contributed by atoms with Gasteiger partial charge < -0.3 is 5.11 Å². The van der Waals surface area contributed by atoms with E-state index in [-0.39, 0.29) is 12.6 Å². The Balaban J connectivity index is 2.32. The normalized spacial score (nSPS) is 12.0. The zero-order valence-corrected chi connectivity index (χ0v) is 8.69. The Morgan fingerprint density at radius 2 is 2.07 bits per heavy atom. The molecule has 0 saturated carbocycles. The van der Waals surface area contributed by atoms with Crippen molar-refractivity contribution in [3.05, 3.63) is 35.9 Å². The van der Waals surface area contributed by atoms with Crippen molar-refractivity contribution >= 4 is 0 Å². The highest BCUT2D eigenvalue weighted by molar-refractivity contribution is 5.15. The Hall–Kier alpha value is -1.37. The van der Waals surface area contributed by atoms with Crippen molar-refractivity contribution in [2.75, 3.05) is 13.2 Å². The van der Waals surface area contributed by atoms with Crippen LogP contribution in [-0.2, 0) is 6.42 Å². The van der Waals surface area contributed by atoms with E-state index in [9.17, 15) is 0 Å². The molecule has 1 rings (SSSR count). The molecule has 1 aromatic rings. The van der Waals surface area contributed by atoms with E-state index in [4.69, 9.17) is 10.4 Å². The maximum Gasteiger partial charge on any atom is 0.0956 e. The van der Waals surface area contributed by atoms with Gasteiger partial charge in [0.15, 0.2) is 0 Å². The average molecular weight is 204 g/mol. The van der Waals surface area contributed by atoms with Gasteiger partial charge in [-0.15, -0.1) is 0 Å². The molecule has 15 heavy (non-hydrogen) atoms. The van der Waals surface area contributed by atoms with Crippen LogP contribution in [0, 0.1) is 11.3 Å². The van der Waals surface area contributed by atoms with Crippen molar-refractivity contribution < 1.29 is 5.11 Å². The number of nitrogens with one attached hydrogen (secondary N) is 1. The van der Waals surface area contributed by atoms with Crippen molar-refractivity contribution in [1.82, 2.24) is 5.32 Å². The van der Waals surface area contributed by atoms with Crippen molar-refractivity contribution in [2.24, 2.45) is 0 Å². The van der Waals surface area contributed by atoms with E-state index in [1.54, 1.807) is 0 Å². The minimum absolute atomic E-state index is 0.0729. The molecule has 0 amide bonds. The number of hydrogen-bond donors (Lipinski definition) is 2. The first kappa shape index (κ1) is 11.7. The standard InChI is InChI=1S/C12H16N2O/c13-10-12(14-8-9-15)7-6-11-4-2-1-3-5-11/h1-5,12,14-15H,6-9H2. The van der Waals surface area contributed by atoms with Crippen LogP contribution < -0.4 is 5.32 Å². The molecule has 0 aromatic heterocycles. The van der Waals surface area contributed by atoms with Crippen LogP contribution in [0.2, 0.25) is 0 Å². The molecule has 0 aliphatic rings. The van der Waals surface area contributed by atoms with Gasteiger partial charge >= 0.3 is 0 Å². The highest BCUT2D eigenvalue weighted by Gasteiger charge is 2.05. The molecule has 0 aliphatic heterocycles. The molecule has 0 radical (unpaired) electrons. The fraction of sp³-hybridized carbons (Fsp3) is 0.417. The predicted molar refractivity (Wildman–Crippen MR) is 59.3 cm³/mol. The van der Waals surface area contributed by atoms with Crippen LogP contribution in [-0.4, -0.2) is 24.3 Å². The van der Waals surface area contributed by atoms with E-state index in [0.29, 0.717) is 6.54 Å². The molecule has 0 heterocycles. The summed E-state index contributed by atoms with van der Waals surface area (Å²) in [6.45, 7) is 0.552. The lowest BCUT2D eigenvalue weighted by Gasteiger charge is -2.09. The van der Waals surface area contributed by atoms with Gasteiger partial charge in [0.05, 0.1) is 18.7 Å². The van der Waals surface area contributed by atoms with E-state index in [1.165, 1.54) is 5.56 Å². The summed E-state index contributed by atoms with van der Waals surface area (Å²) in [5, 5.41) is 20.4. The monoisotopic (exact) mass is 204 g/mol. The van der Waals surface area contributed by atoms with Gasteiger partial charge in [0.1, 0.15) is 0 Å². The molecule has 0 saturated heterocycles. The number of benzene rings is 1. The molecule has 1 unspecified atom stereocenters. The number of hydrogen-bond acceptors (Lipinski definition) is 3. The second kappa shape index (κ2) is 6.99. The molecule has 3 nitrogen and oxygen atoms in total. The maximum absolute atomic E-state index is 8.84. The Morgan fingerprint density at radius 3 is 2.67 bits per heavy atom. The van der Waals surface area contributed by atoms with E-state index >= 15 is 0 Å². The van der Waals surface area contributed by atoms with Gasteiger partial charge in [-0.3, -0.25) is 5.32 Å². The predicted octanol–water partition coefficient (Wildman–Crippen LogP) is 1.09. The SMILES string of the molecule is N#CC(CCc1ccccc1)NCCO. The highest BCUT2D eigenvalue weighted by Crippen LogP contribution is 2.04. The van der Waals surface area contributed by atoms with Crippen molar-refractivity contribution in [2.45, 2.75) is 18.9 Å². The largest absolute Gasteiger partial charge is 0.395 e. The van der Waals surface area contributed by atoms with Crippen LogP contribution in [0.5, 0.6) is 0 Å². The van der Waals surface area contributed by atoms with Crippen molar-refractivity contribution in [3.63, 3.8) is 0 Å². The molecule has 1 atom stereocenters. The van der Waals surface area contributed by atoms with Gasteiger partial charge in [-0.25, -0.2) is 0 Å². The zero-order valence-electron chi connectivity index (χ0n) is 8.69. The van der Waals surface area contributed by atoms with Crippen LogP contribution >= 0.6 is 0 Å². The topological polar surface area (TPSA) is 56.0 Å². The second-order valence-electron chi connectivity index (χ2n) is 3.38. The van der Waals surface area contributed by atoms with Gasteiger partial charge in [0, 0.05) is 6.54 Å². The molecule has 3 heteroatoms. The summed E-state index contributed by atoms with van der Waals surface area (Å²) in [6, 6.07) is 12.1. The summed E-state index contributed by atoms with van der Waals surface area (Å²) >= 11 is 0. The van der Waals surface area contributed by atoms with Crippen LogP contribution in [0.3, 0.4) is 0 Å². The van der Waals surface area contributed by atoms with E-state index < -0.39 is 0 Å². The molecule has 1 aromatic carbocycles. The van der Waals surface area contributed by atoms with Crippen molar-refractivity contribution in [3.8, 4) is 6.07 Å². The van der Waals surface area contributed by atoms with Crippen LogP contribution in [0.4, 0.5) is 0 Å². The van der Waals surface area contributed by atoms with E-state index in [1.807, 2.05) is 18.2 Å². The number of aliphatic hydroxyl groups is 1. The molecular weight excluding hydrogens is 188 g/mol. The third kappa shape index (κ3) is 4.59. The lowest BCUT2D eigenvalue weighted by Crippen LogP contribution is -2.30. The highest BCUT2D eigenvalue weighted by atomic mass is 16.3. The second-order valence-corrected chi connectivity index (χ2v) is 3.38. The minimum Gasteiger partial charge on any atom is -0.395 e. The molecular formula is C12H16N2O. The van der Waals surface area contributed by atoms with Crippen LogP contribution in [0.25, 0.3) is 0 Å². The minimum atomic E-state index is -0.169. The first-order valence-electron chi connectivity index (χ1n) is 5.14. The maximum atomic E-state index is 8.84. The summed E-state index contributed by atoms with van der Waals surface area (Å²) < 4.78 is 0. The number of nitriles is 1. The Labute approximate surface area is 90.4 Å². The number of aliphatic hydroxyl groups excluding tert-OH is 1. The van der Waals surface area contributed by atoms with Gasteiger partial charge in [0.25, 0.3) is 0 Å². The third-order valence-corrected chi connectivity index (χ3v) is 2.22. The Bertz CT molecular complexity index is 305. The van der Waals surface area contributed by atoms with E-state index in [0.717, 1.165) is 12.8 Å². The first-order valence-corrected chi connectivity index (χ1v) is 5.14. The van der Waals surface area contributed by atoms with Crippen molar-refractivity contribution in [1.29, 1.82) is 5.26 Å². The smallest absolute Gasteiger partial charge is 0.0956 e.